The summed E-state index contributed by atoms with van der Waals surface area (Å²) in [5.74, 6) is 2.24. The zero-order valence-electron chi connectivity index (χ0n) is 16.2. The van der Waals surface area contributed by atoms with Gasteiger partial charge in [-0.1, -0.05) is 6.07 Å². The number of methoxy groups -OCH3 is 2. The van der Waals surface area contributed by atoms with E-state index in [1.54, 1.807) is 21.3 Å². The van der Waals surface area contributed by atoms with Crippen LogP contribution in [0.1, 0.15) is 18.9 Å². The molecule has 0 spiro atoms. The largest absolute Gasteiger partial charge is 0.493 e. The van der Waals surface area contributed by atoms with Crippen molar-refractivity contribution in [3.63, 3.8) is 0 Å². The van der Waals surface area contributed by atoms with Crippen LogP contribution >= 0.6 is 24.0 Å². The molecule has 2 N–H and O–H groups in total. The first-order valence-electron chi connectivity index (χ1n) is 8.56. The molecule has 26 heavy (non-hydrogen) atoms. The Morgan fingerprint density at radius 3 is 2.54 bits per heavy atom. The molecule has 0 fully saturated rings. The number of halogens is 1. The highest BCUT2D eigenvalue weighted by Gasteiger charge is 2.06. The van der Waals surface area contributed by atoms with E-state index in [-0.39, 0.29) is 24.0 Å². The lowest BCUT2D eigenvalue weighted by molar-refractivity contribution is 0.0698. The van der Waals surface area contributed by atoms with E-state index in [0.29, 0.717) is 33.0 Å². The molecule has 1 aromatic carbocycles. The maximum absolute atomic E-state index is 5.60. The molecule has 1 aromatic rings. The van der Waals surface area contributed by atoms with Crippen LogP contribution in [0.5, 0.6) is 11.5 Å². The first-order chi connectivity index (χ1) is 12.2. The molecular formula is C18H32IN3O4. The van der Waals surface area contributed by atoms with E-state index in [0.717, 1.165) is 36.0 Å². The molecule has 0 heterocycles. The highest BCUT2D eigenvalue weighted by molar-refractivity contribution is 14.0. The summed E-state index contributed by atoms with van der Waals surface area (Å²) in [6, 6.07) is 5.90. The molecule has 1 rings (SSSR count). The number of guanidine groups is 1. The lowest BCUT2D eigenvalue weighted by Crippen LogP contribution is -2.37. The minimum absolute atomic E-state index is 0. The van der Waals surface area contributed by atoms with Crippen molar-refractivity contribution in [2.45, 2.75) is 19.9 Å². The van der Waals surface area contributed by atoms with E-state index in [9.17, 15) is 0 Å². The molecule has 7 nitrogen and oxygen atoms in total. The normalized spacial score (nSPS) is 10.8. The fourth-order valence-corrected chi connectivity index (χ4v) is 2.13. The SMILES string of the molecule is CCOc1cc(CNC(=NC)NCCCOCCOC)ccc1OC.I. The van der Waals surface area contributed by atoms with Gasteiger partial charge in [0.05, 0.1) is 26.9 Å². The lowest BCUT2D eigenvalue weighted by Gasteiger charge is -2.14. The number of hydrogen-bond acceptors (Lipinski definition) is 5. The predicted octanol–water partition coefficient (Wildman–Crippen LogP) is 2.43. The number of nitrogens with zero attached hydrogens (tertiary/aromatic N) is 1. The molecule has 8 heteroatoms. The van der Waals surface area contributed by atoms with Crippen LogP contribution in [-0.2, 0) is 16.0 Å². The van der Waals surface area contributed by atoms with Crippen LogP contribution in [0.3, 0.4) is 0 Å². The van der Waals surface area contributed by atoms with Crippen molar-refractivity contribution in [3.05, 3.63) is 23.8 Å². The van der Waals surface area contributed by atoms with Crippen molar-refractivity contribution >= 4 is 29.9 Å². The van der Waals surface area contributed by atoms with Gasteiger partial charge in [-0.25, -0.2) is 0 Å². The van der Waals surface area contributed by atoms with Gasteiger partial charge in [-0.15, -0.1) is 24.0 Å². The Balaban J connectivity index is 0.00000625. The van der Waals surface area contributed by atoms with Gasteiger partial charge in [-0.3, -0.25) is 4.99 Å². The minimum Gasteiger partial charge on any atom is -0.493 e. The summed E-state index contributed by atoms with van der Waals surface area (Å²) in [6.45, 7) is 5.94. The lowest BCUT2D eigenvalue weighted by atomic mass is 10.2. The number of ether oxygens (including phenoxy) is 4. The standard InChI is InChI=1S/C18H31N3O4.HI/c1-5-25-17-13-15(7-8-16(17)23-4)14-21-18(19-2)20-9-6-10-24-12-11-22-3;/h7-8,13H,5-6,9-12,14H2,1-4H3,(H2,19,20,21);1H. The third-order valence-electron chi connectivity index (χ3n) is 3.40. The highest BCUT2D eigenvalue weighted by atomic mass is 127. The van der Waals surface area contributed by atoms with Gasteiger partial charge in [0.15, 0.2) is 17.5 Å². The van der Waals surface area contributed by atoms with Crippen molar-refractivity contribution in [1.29, 1.82) is 0 Å². The number of nitrogens with one attached hydrogen (secondary N) is 2. The second kappa shape index (κ2) is 16.0. The number of benzene rings is 1. The molecule has 150 valence electrons. The minimum atomic E-state index is 0. The molecule has 0 bridgehead atoms. The second-order valence-corrected chi connectivity index (χ2v) is 5.23. The molecular weight excluding hydrogens is 449 g/mol. The van der Waals surface area contributed by atoms with Gasteiger partial charge in [-0.2, -0.15) is 0 Å². The van der Waals surface area contributed by atoms with Crippen LogP contribution in [0, 0.1) is 0 Å². The molecule has 0 amide bonds. The maximum atomic E-state index is 5.60. The molecule has 0 aliphatic heterocycles. The Kier molecular flexibility index (Phi) is 15.2. The summed E-state index contributed by atoms with van der Waals surface area (Å²) in [7, 11) is 5.06. The van der Waals surface area contributed by atoms with E-state index in [2.05, 4.69) is 15.6 Å². The summed E-state index contributed by atoms with van der Waals surface area (Å²) < 4.78 is 21.3. The van der Waals surface area contributed by atoms with Crippen LogP contribution in [0.25, 0.3) is 0 Å². The first kappa shape index (κ1) is 24.7. The second-order valence-electron chi connectivity index (χ2n) is 5.23. The summed E-state index contributed by atoms with van der Waals surface area (Å²) in [4.78, 5) is 4.22. The fraction of sp³-hybridized carbons (Fsp3) is 0.611. The van der Waals surface area contributed by atoms with Gasteiger partial charge in [0, 0.05) is 33.9 Å². The highest BCUT2D eigenvalue weighted by Crippen LogP contribution is 2.27. The topological polar surface area (TPSA) is 73.3 Å². The number of rotatable bonds is 12. The van der Waals surface area contributed by atoms with Crippen LogP contribution in [0.4, 0.5) is 0 Å². The third kappa shape index (κ3) is 10.0. The quantitative estimate of drug-likeness (QED) is 0.207. The molecule has 0 atom stereocenters. The van der Waals surface area contributed by atoms with Crippen LogP contribution < -0.4 is 20.1 Å². The molecule has 0 saturated heterocycles. The molecule has 0 unspecified atom stereocenters. The summed E-state index contributed by atoms with van der Waals surface area (Å²) >= 11 is 0. The van der Waals surface area contributed by atoms with Crippen LogP contribution in [0.15, 0.2) is 23.2 Å². The smallest absolute Gasteiger partial charge is 0.191 e. The van der Waals surface area contributed by atoms with Gasteiger partial charge in [-0.05, 0) is 31.0 Å². The number of aliphatic imine (C=N–C) groups is 1. The zero-order chi connectivity index (χ0) is 18.3. The van der Waals surface area contributed by atoms with Gasteiger partial charge in [0.1, 0.15) is 0 Å². The van der Waals surface area contributed by atoms with E-state index in [1.807, 2.05) is 25.1 Å². The molecule has 0 aliphatic carbocycles. The van der Waals surface area contributed by atoms with E-state index in [4.69, 9.17) is 18.9 Å². The zero-order valence-corrected chi connectivity index (χ0v) is 18.5. The predicted molar refractivity (Wildman–Crippen MR) is 115 cm³/mol. The molecule has 0 saturated carbocycles. The van der Waals surface area contributed by atoms with Gasteiger partial charge in [0.25, 0.3) is 0 Å². The van der Waals surface area contributed by atoms with Gasteiger partial charge >= 0.3 is 0 Å². The van der Waals surface area contributed by atoms with Crippen LogP contribution in [-0.4, -0.2) is 60.2 Å². The van der Waals surface area contributed by atoms with Gasteiger partial charge in [0.2, 0.25) is 0 Å². The summed E-state index contributed by atoms with van der Waals surface area (Å²) in [5, 5.41) is 6.55. The van der Waals surface area contributed by atoms with Crippen LogP contribution in [0.2, 0.25) is 0 Å². The van der Waals surface area contributed by atoms with E-state index in [1.165, 1.54) is 0 Å². The Bertz CT molecular complexity index is 515. The molecule has 0 aromatic heterocycles. The fourth-order valence-electron chi connectivity index (χ4n) is 2.13. The Morgan fingerprint density at radius 2 is 1.88 bits per heavy atom. The van der Waals surface area contributed by atoms with Crippen molar-refractivity contribution in [2.75, 3.05) is 54.2 Å². The Hall–Kier alpha value is -1.26. The van der Waals surface area contributed by atoms with Crippen molar-refractivity contribution in [1.82, 2.24) is 10.6 Å². The van der Waals surface area contributed by atoms with E-state index >= 15 is 0 Å². The monoisotopic (exact) mass is 481 g/mol. The summed E-state index contributed by atoms with van der Waals surface area (Å²) in [6.07, 6.45) is 0.904. The van der Waals surface area contributed by atoms with E-state index < -0.39 is 0 Å². The summed E-state index contributed by atoms with van der Waals surface area (Å²) in [5.41, 5.74) is 1.09. The number of hydrogen-bond donors (Lipinski definition) is 2. The average molecular weight is 481 g/mol. The Labute approximate surface area is 173 Å². The molecule has 0 aliphatic rings. The van der Waals surface area contributed by atoms with Crippen molar-refractivity contribution in [2.24, 2.45) is 4.99 Å². The van der Waals surface area contributed by atoms with Gasteiger partial charge < -0.3 is 29.6 Å². The Morgan fingerprint density at radius 1 is 1.08 bits per heavy atom. The maximum Gasteiger partial charge on any atom is 0.191 e. The van der Waals surface area contributed by atoms with Crippen molar-refractivity contribution < 1.29 is 18.9 Å². The third-order valence-corrected chi connectivity index (χ3v) is 3.40. The average Bonchev–Trinajstić information content (AvgIpc) is 2.64. The van der Waals surface area contributed by atoms with Crippen molar-refractivity contribution in [3.8, 4) is 11.5 Å². The first-order valence-corrected chi connectivity index (χ1v) is 8.56. The molecule has 0 radical (unpaired) electrons.